The highest BCUT2D eigenvalue weighted by Crippen LogP contribution is 2.12. The van der Waals surface area contributed by atoms with Gasteiger partial charge in [-0.15, -0.1) is 0 Å². The number of allylic oxidation sites excluding steroid dienone is 3. The van der Waals surface area contributed by atoms with Gasteiger partial charge in [0.1, 0.15) is 7.05 Å². The van der Waals surface area contributed by atoms with Gasteiger partial charge in [0.05, 0.1) is 5.56 Å². The second-order valence-electron chi connectivity index (χ2n) is 3.24. The van der Waals surface area contributed by atoms with Crippen LogP contribution < -0.4 is 0 Å². The summed E-state index contributed by atoms with van der Waals surface area (Å²) in [7, 11) is 1.86. The highest BCUT2D eigenvalue weighted by molar-refractivity contribution is 5.88. The summed E-state index contributed by atoms with van der Waals surface area (Å²) in [5.74, 6) is -0.920. The fraction of sp³-hybridized carbons (Fsp3) is 0.0769. The number of benzene rings is 1. The summed E-state index contributed by atoms with van der Waals surface area (Å²) in [4.78, 5) is 10.8. The van der Waals surface area contributed by atoms with Crippen LogP contribution in [-0.4, -0.2) is 28.9 Å². The van der Waals surface area contributed by atoms with Crippen LogP contribution in [0, 0.1) is 0 Å². The number of hydrogen-bond acceptors (Lipinski definition) is 1. The number of aromatic carboxylic acids is 1. The molecule has 1 aromatic rings. The molecule has 0 aliphatic carbocycles. The first-order chi connectivity index (χ1) is 7.65. The summed E-state index contributed by atoms with van der Waals surface area (Å²) in [6, 6.07) is 6.77. The second-order valence-corrected chi connectivity index (χ2v) is 3.24. The third-order valence-electron chi connectivity index (χ3n) is 2.06. The summed E-state index contributed by atoms with van der Waals surface area (Å²) in [5.41, 5.74) is 1.11. The molecule has 0 fully saturated rings. The summed E-state index contributed by atoms with van der Waals surface area (Å²) in [5, 5.41) is 8.85. The van der Waals surface area contributed by atoms with Gasteiger partial charge >= 0.3 is 5.97 Å². The number of carbonyl (C=O) groups is 1. The van der Waals surface area contributed by atoms with E-state index in [2.05, 4.69) is 6.58 Å². The molecule has 0 amide bonds. The smallest absolute Gasteiger partial charge is 0.335 e. The number of carboxylic acids is 1. The Hall–Kier alpha value is -2.16. The molecule has 1 aromatic carbocycles. The molecule has 0 radical (unpaired) electrons. The average Bonchev–Trinajstić information content (AvgIpc) is 2.29. The summed E-state index contributed by atoms with van der Waals surface area (Å²) in [6.45, 7) is 3.56. The van der Waals surface area contributed by atoms with E-state index in [4.69, 9.17) is 5.11 Å². The maximum Gasteiger partial charge on any atom is 0.335 e. The Kier molecular flexibility index (Phi) is 4.21. The average molecular weight is 216 g/mol. The molecule has 3 nitrogen and oxygen atoms in total. The van der Waals surface area contributed by atoms with Crippen molar-refractivity contribution < 1.29 is 14.5 Å². The van der Waals surface area contributed by atoms with Gasteiger partial charge in [0, 0.05) is 18.2 Å². The van der Waals surface area contributed by atoms with Crippen LogP contribution in [0.15, 0.2) is 49.1 Å². The lowest BCUT2D eigenvalue weighted by Crippen LogP contribution is -2.01. The highest BCUT2D eigenvalue weighted by atomic mass is 16.4. The van der Waals surface area contributed by atoms with Gasteiger partial charge in [-0.05, 0) is 6.07 Å². The van der Waals surface area contributed by atoms with E-state index < -0.39 is 5.97 Å². The Balaban J connectivity index is 2.99. The van der Waals surface area contributed by atoms with Crippen LogP contribution in [0.25, 0.3) is 0 Å². The standard InChI is InChI=1S/C13H13NO2/c1-3-4-5-9-14(2)12-8-6-7-11(10-12)13(15)16/h3-10H,1H2,2H3/p+1/b5-4-,14-9?. The van der Waals surface area contributed by atoms with E-state index in [1.165, 1.54) is 0 Å². The zero-order valence-corrected chi connectivity index (χ0v) is 9.13. The number of hydrogen-bond donors (Lipinski definition) is 1. The molecular formula is C13H14NO2+. The van der Waals surface area contributed by atoms with Gasteiger partial charge in [-0.2, -0.15) is 0 Å². The molecule has 0 aliphatic rings. The van der Waals surface area contributed by atoms with Gasteiger partial charge in [-0.3, -0.25) is 0 Å². The predicted octanol–water partition coefficient (Wildman–Crippen LogP) is 2.47. The van der Waals surface area contributed by atoms with Crippen LogP contribution in [0.3, 0.4) is 0 Å². The molecule has 0 saturated carbocycles. The van der Waals surface area contributed by atoms with Gasteiger partial charge < -0.3 is 5.11 Å². The van der Waals surface area contributed by atoms with Crippen LogP contribution >= 0.6 is 0 Å². The largest absolute Gasteiger partial charge is 0.478 e. The molecule has 3 heteroatoms. The first-order valence-corrected chi connectivity index (χ1v) is 4.84. The van der Waals surface area contributed by atoms with Crippen LogP contribution in [-0.2, 0) is 0 Å². The van der Waals surface area contributed by atoms with Crippen LogP contribution in [0.2, 0.25) is 0 Å². The number of rotatable bonds is 4. The monoisotopic (exact) mass is 216 g/mol. The fourth-order valence-corrected chi connectivity index (χ4v) is 1.20. The van der Waals surface area contributed by atoms with Gasteiger partial charge in [0.15, 0.2) is 6.21 Å². The summed E-state index contributed by atoms with van der Waals surface area (Å²) < 4.78 is 1.84. The van der Waals surface area contributed by atoms with E-state index in [0.29, 0.717) is 0 Å². The summed E-state index contributed by atoms with van der Waals surface area (Å²) >= 11 is 0. The van der Waals surface area contributed by atoms with Gasteiger partial charge in [-0.25, -0.2) is 9.37 Å². The Morgan fingerprint density at radius 1 is 1.44 bits per heavy atom. The minimum Gasteiger partial charge on any atom is -0.478 e. The maximum atomic E-state index is 10.8. The molecule has 0 aromatic heterocycles. The molecule has 0 bridgehead atoms. The number of carboxylic acid groups (broad SMARTS) is 1. The normalized spacial score (nSPS) is 11.7. The van der Waals surface area contributed by atoms with Crippen molar-refractivity contribution in [2.45, 2.75) is 0 Å². The highest BCUT2D eigenvalue weighted by Gasteiger charge is 2.07. The quantitative estimate of drug-likeness (QED) is 0.477. The van der Waals surface area contributed by atoms with E-state index in [0.717, 1.165) is 5.69 Å². The minimum absolute atomic E-state index is 0.283. The Labute approximate surface area is 94.7 Å². The van der Waals surface area contributed by atoms with Crippen molar-refractivity contribution in [2.24, 2.45) is 0 Å². The van der Waals surface area contributed by atoms with E-state index >= 15 is 0 Å². The van der Waals surface area contributed by atoms with Crippen molar-refractivity contribution in [3.05, 3.63) is 54.6 Å². The molecule has 0 atom stereocenters. The van der Waals surface area contributed by atoms with Crippen LogP contribution in [0.4, 0.5) is 5.69 Å². The predicted molar refractivity (Wildman–Crippen MR) is 64.6 cm³/mol. The van der Waals surface area contributed by atoms with E-state index in [1.807, 2.05) is 30.0 Å². The Morgan fingerprint density at radius 2 is 2.19 bits per heavy atom. The molecule has 0 saturated heterocycles. The van der Waals surface area contributed by atoms with E-state index in [1.54, 1.807) is 30.4 Å². The molecular weight excluding hydrogens is 202 g/mol. The topological polar surface area (TPSA) is 40.3 Å². The van der Waals surface area contributed by atoms with Gasteiger partial charge in [0.2, 0.25) is 5.69 Å². The molecule has 0 unspecified atom stereocenters. The third kappa shape index (κ3) is 3.20. The number of nitrogens with zero attached hydrogens (tertiary/aromatic N) is 1. The van der Waals surface area contributed by atoms with Crippen molar-refractivity contribution in [3.8, 4) is 0 Å². The zero-order chi connectivity index (χ0) is 12.0. The first-order valence-electron chi connectivity index (χ1n) is 4.84. The molecule has 0 spiro atoms. The second kappa shape index (κ2) is 5.66. The van der Waals surface area contributed by atoms with Crippen LogP contribution in [0.5, 0.6) is 0 Å². The van der Waals surface area contributed by atoms with Crippen molar-refractivity contribution >= 4 is 17.9 Å². The molecule has 1 N–H and O–H groups in total. The SMILES string of the molecule is C=C/C=C\C=[N+](C)c1cccc(C(=O)O)c1. The maximum absolute atomic E-state index is 10.8. The Bertz CT molecular complexity index is 459. The molecule has 1 rings (SSSR count). The van der Waals surface area contributed by atoms with E-state index in [9.17, 15) is 4.79 Å². The zero-order valence-electron chi connectivity index (χ0n) is 9.13. The fourth-order valence-electron chi connectivity index (χ4n) is 1.20. The lowest BCUT2D eigenvalue weighted by molar-refractivity contribution is -0.398. The van der Waals surface area contributed by atoms with Crippen LogP contribution in [0.1, 0.15) is 10.4 Å². The lowest BCUT2D eigenvalue weighted by Gasteiger charge is -1.97. The van der Waals surface area contributed by atoms with Crippen molar-refractivity contribution in [1.82, 2.24) is 0 Å². The summed E-state index contributed by atoms with van der Waals surface area (Å²) in [6.07, 6.45) is 7.15. The molecule has 82 valence electrons. The lowest BCUT2D eigenvalue weighted by atomic mass is 10.2. The first kappa shape index (κ1) is 11.9. The van der Waals surface area contributed by atoms with E-state index in [-0.39, 0.29) is 5.56 Å². The van der Waals surface area contributed by atoms with Crippen molar-refractivity contribution in [3.63, 3.8) is 0 Å². The molecule has 0 aliphatic heterocycles. The van der Waals surface area contributed by atoms with Crippen molar-refractivity contribution in [1.29, 1.82) is 0 Å². The third-order valence-corrected chi connectivity index (χ3v) is 2.06. The molecule has 16 heavy (non-hydrogen) atoms. The van der Waals surface area contributed by atoms with Gasteiger partial charge in [0.25, 0.3) is 0 Å². The van der Waals surface area contributed by atoms with Crippen molar-refractivity contribution in [2.75, 3.05) is 7.05 Å². The minimum atomic E-state index is -0.920. The van der Waals surface area contributed by atoms with Gasteiger partial charge in [-0.1, -0.05) is 24.8 Å². The Morgan fingerprint density at radius 3 is 2.81 bits per heavy atom. The molecule has 0 heterocycles.